The van der Waals surface area contributed by atoms with Crippen LogP contribution in [0, 0.1) is 35.8 Å². The van der Waals surface area contributed by atoms with E-state index in [2.05, 4.69) is 15.3 Å². The van der Waals surface area contributed by atoms with Gasteiger partial charge in [0.2, 0.25) is 5.82 Å². The summed E-state index contributed by atoms with van der Waals surface area (Å²) in [5.41, 5.74) is 8.64. The first-order valence-corrected chi connectivity index (χ1v) is 13.6. The van der Waals surface area contributed by atoms with E-state index in [4.69, 9.17) is 15.7 Å². The third-order valence-electron chi connectivity index (χ3n) is 7.49. The van der Waals surface area contributed by atoms with Gasteiger partial charge in [-0.15, -0.1) is 0 Å². The summed E-state index contributed by atoms with van der Waals surface area (Å²) in [5.74, 6) is -1.72. The van der Waals surface area contributed by atoms with Gasteiger partial charge in [0.25, 0.3) is 5.91 Å². The Kier molecular flexibility index (Phi) is 8.12. The van der Waals surface area contributed by atoms with Crippen molar-refractivity contribution in [1.29, 1.82) is 5.26 Å². The molecule has 3 N–H and O–H groups in total. The van der Waals surface area contributed by atoms with Crippen LogP contribution in [0.4, 0.5) is 20.3 Å². The maximum absolute atomic E-state index is 15.1. The van der Waals surface area contributed by atoms with Crippen molar-refractivity contribution in [2.45, 2.75) is 39.2 Å². The molecule has 212 valence electrons. The van der Waals surface area contributed by atoms with Gasteiger partial charge in [0.1, 0.15) is 6.07 Å². The summed E-state index contributed by atoms with van der Waals surface area (Å²) in [7, 11) is 0. The minimum Gasteiger partial charge on any atom is -0.472 e. The summed E-state index contributed by atoms with van der Waals surface area (Å²) in [4.78, 5) is 23.8. The Balaban J connectivity index is 1.38. The zero-order valence-electron chi connectivity index (χ0n) is 22.9. The second-order valence-electron chi connectivity index (χ2n) is 10.1. The van der Waals surface area contributed by atoms with E-state index in [0.29, 0.717) is 60.4 Å². The first-order chi connectivity index (χ1) is 19.8. The summed E-state index contributed by atoms with van der Waals surface area (Å²) in [6.07, 6.45) is 5.85. The van der Waals surface area contributed by atoms with Crippen LogP contribution in [0.25, 0.3) is 16.9 Å². The number of carbonyl (C=O) groups is 1. The number of aromatic nitrogens is 3. The summed E-state index contributed by atoms with van der Waals surface area (Å²) in [6, 6.07) is 10.1. The third-order valence-corrected chi connectivity index (χ3v) is 7.49. The fourth-order valence-electron chi connectivity index (χ4n) is 5.04. The SMILES string of the molecule is CCC(C#N)Oc1ccc(-c2cnc3c(Nc4ccc(C(=O)N5CCC(CN)CC5)c(C)c4)nccn23)c(F)c1F. The lowest BCUT2D eigenvalue weighted by Gasteiger charge is -2.31. The number of carbonyl (C=O) groups excluding carboxylic acids is 1. The van der Waals surface area contributed by atoms with Crippen molar-refractivity contribution in [1.82, 2.24) is 19.3 Å². The van der Waals surface area contributed by atoms with Crippen molar-refractivity contribution < 1.29 is 18.3 Å². The van der Waals surface area contributed by atoms with Crippen LogP contribution >= 0.6 is 0 Å². The average Bonchev–Trinajstić information content (AvgIpc) is 3.43. The van der Waals surface area contributed by atoms with E-state index >= 15 is 4.39 Å². The van der Waals surface area contributed by atoms with E-state index < -0.39 is 17.7 Å². The van der Waals surface area contributed by atoms with Gasteiger partial charge in [-0.05, 0) is 74.5 Å². The molecule has 1 fully saturated rings. The van der Waals surface area contributed by atoms with Crippen LogP contribution in [0.15, 0.2) is 48.9 Å². The molecule has 1 aliphatic rings. The number of likely N-dealkylation sites (tertiary alicyclic amines) is 1. The molecule has 1 aliphatic heterocycles. The number of fused-ring (bicyclic) bond motifs is 1. The first-order valence-electron chi connectivity index (χ1n) is 13.6. The molecule has 0 saturated carbocycles. The molecule has 1 unspecified atom stereocenters. The number of nitrogens with one attached hydrogen (secondary N) is 1. The predicted molar refractivity (Wildman–Crippen MR) is 151 cm³/mol. The molecule has 0 bridgehead atoms. The first kappa shape index (κ1) is 28.0. The number of piperidine rings is 1. The summed E-state index contributed by atoms with van der Waals surface area (Å²) >= 11 is 0. The second-order valence-corrected chi connectivity index (χ2v) is 10.1. The fraction of sp³-hybridized carbons (Fsp3) is 0.333. The van der Waals surface area contributed by atoms with E-state index in [9.17, 15) is 9.18 Å². The monoisotopic (exact) mass is 559 g/mol. The van der Waals surface area contributed by atoms with Crippen molar-refractivity contribution >= 4 is 23.1 Å². The zero-order chi connectivity index (χ0) is 29.1. The molecular weight excluding hydrogens is 528 g/mol. The van der Waals surface area contributed by atoms with Gasteiger partial charge in [0, 0.05) is 42.3 Å². The number of benzene rings is 2. The predicted octanol–water partition coefficient (Wildman–Crippen LogP) is 5.22. The van der Waals surface area contributed by atoms with Gasteiger partial charge in [-0.3, -0.25) is 9.20 Å². The number of ether oxygens (including phenoxy) is 1. The zero-order valence-corrected chi connectivity index (χ0v) is 22.9. The van der Waals surface area contributed by atoms with E-state index in [-0.39, 0.29) is 17.2 Å². The Labute approximate surface area is 236 Å². The molecule has 4 aromatic rings. The number of halogens is 2. The highest BCUT2D eigenvalue weighted by atomic mass is 19.2. The molecule has 1 atom stereocenters. The van der Waals surface area contributed by atoms with Crippen LogP contribution in [0.3, 0.4) is 0 Å². The Morgan fingerprint density at radius 2 is 2.00 bits per heavy atom. The molecular formula is C30H31F2N7O2. The average molecular weight is 560 g/mol. The molecule has 1 saturated heterocycles. The lowest BCUT2D eigenvalue weighted by molar-refractivity contribution is 0.0692. The molecule has 5 rings (SSSR count). The smallest absolute Gasteiger partial charge is 0.254 e. The maximum Gasteiger partial charge on any atom is 0.254 e. The minimum absolute atomic E-state index is 0.00571. The molecule has 2 aromatic carbocycles. The largest absolute Gasteiger partial charge is 0.472 e. The Morgan fingerprint density at radius 3 is 2.68 bits per heavy atom. The van der Waals surface area contributed by atoms with Crippen LogP contribution in [0.2, 0.25) is 0 Å². The van der Waals surface area contributed by atoms with Crippen LogP contribution in [0.1, 0.15) is 42.1 Å². The second kappa shape index (κ2) is 11.9. The van der Waals surface area contributed by atoms with Gasteiger partial charge in [0.15, 0.2) is 29.1 Å². The number of imidazole rings is 1. The number of hydrogen-bond donors (Lipinski definition) is 2. The van der Waals surface area contributed by atoms with Crippen molar-refractivity contribution in [2.24, 2.45) is 11.7 Å². The van der Waals surface area contributed by atoms with E-state index in [1.54, 1.807) is 29.7 Å². The molecule has 1 amide bonds. The molecule has 41 heavy (non-hydrogen) atoms. The van der Waals surface area contributed by atoms with Crippen molar-refractivity contribution in [2.75, 3.05) is 25.0 Å². The van der Waals surface area contributed by atoms with Crippen LogP contribution in [-0.2, 0) is 0 Å². The minimum atomic E-state index is -1.17. The Hall–Kier alpha value is -4.56. The number of nitrogens with zero attached hydrogens (tertiary/aromatic N) is 5. The molecule has 0 aliphatic carbocycles. The highest BCUT2D eigenvalue weighted by Crippen LogP contribution is 2.32. The lowest BCUT2D eigenvalue weighted by atomic mass is 9.96. The lowest BCUT2D eigenvalue weighted by Crippen LogP contribution is -2.40. The van der Waals surface area contributed by atoms with Gasteiger partial charge < -0.3 is 20.7 Å². The number of anilines is 2. The van der Waals surface area contributed by atoms with E-state index in [1.165, 1.54) is 24.5 Å². The fourth-order valence-corrected chi connectivity index (χ4v) is 5.04. The van der Waals surface area contributed by atoms with Crippen molar-refractivity contribution in [3.63, 3.8) is 0 Å². The molecule has 3 heterocycles. The van der Waals surface area contributed by atoms with E-state index in [1.807, 2.05) is 24.0 Å². The van der Waals surface area contributed by atoms with Crippen molar-refractivity contribution in [3.8, 4) is 23.1 Å². The van der Waals surface area contributed by atoms with Crippen LogP contribution in [-0.4, -0.2) is 50.9 Å². The van der Waals surface area contributed by atoms with Crippen molar-refractivity contribution in [3.05, 3.63) is 71.7 Å². The van der Waals surface area contributed by atoms with Gasteiger partial charge in [-0.1, -0.05) is 6.92 Å². The summed E-state index contributed by atoms with van der Waals surface area (Å²) < 4.78 is 36.9. The molecule has 2 aromatic heterocycles. The highest BCUT2D eigenvalue weighted by molar-refractivity contribution is 5.96. The molecule has 0 spiro atoms. The van der Waals surface area contributed by atoms with Crippen LogP contribution < -0.4 is 15.8 Å². The van der Waals surface area contributed by atoms with Gasteiger partial charge in [-0.2, -0.15) is 9.65 Å². The quantitative estimate of drug-likeness (QED) is 0.304. The Morgan fingerprint density at radius 1 is 1.22 bits per heavy atom. The normalized spacial score (nSPS) is 14.6. The summed E-state index contributed by atoms with van der Waals surface area (Å²) in [6.45, 7) is 5.66. The standard InChI is InChI=1S/C30H31F2N7O2/c1-3-21(16-34)41-25-7-6-23(26(31)27(25)32)24-17-36-29-28(35-10-13-39(24)29)37-20-4-5-22(18(2)14-20)30(40)38-11-8-19(15-33)9-12-38/h4-7,10,13-14,17,19,21H,3,8-9,11-12,15,33H2,1-2H3,(H,35,37). The number of nitriles is 1. The number of amides is 1. The van der Waals surface area contributed by atoms with Gasteiger partial charge in [-0.25, -0.2) is 14.4 Å². The third kappa shape index (κ3) is 5.56. The molecule has 0 radical (unpaired) electrons. The Bertz CT molecular complexity index is 1620. The van der Waals surface area contributed by atoms with Crippen LogP contribution in [0.5, 0.6) is 5.75 Å². The maximum atomic E-state index is 15.1. The molecule has 11 heteroatoms. The summed E-state index contributed by atoms with van der Waals surface area (Å²) in [5, 5.41) is 12.3. The molecule has 9 nitrogen and oxygen atoms in total. The van der Waals surface area contributed by atoms with Gasteiger partial charge >= 0.3 is 0 Å². The number of rotatable bonds is 8. The topological polar surface area (TPSA) is 122 Å². The highest BCUT2D eigenvalue weighted by Gasteiger charge is 2.24. The number of aryl methyl sites for hydroxylation is 1. The number of nitrogens with two attached hydrogens (primary N) is 1. The van der Waals surface area contributed by atoms with E-state index in [0.717, 1.165) is 18.4 Å². The van der Waals surface area contributed by atoms with Gasteiger partial charge in [0.05, 0.1) is 11.9 Å². The number of hydrogen-bond acceptors (Lipinski definition) is 7.